The molecule has 3 N–H and O–H groups in total. The molecule has 0 atom stereocenters. The molecule has 0 aliphatic carbocycles. The Kier molecular flexibility index (Phi) is 2.25. The molecule has 0 saturated carbocycles. The van der Waals surface area contributed by atoms with Crippen molar-refractivity contribution < 1.29 is 0 Å². The second-order valence-electron chi connectivity index (χ2n) is 3.40. The highest BCUT2D eigenvalue weighted by Gasteiger charge is 2.11. The summed E-state index contributed by atoms with van der Waals surface area (Å²) in [5.74, 6) is 1.94. The second-order valence-corrected chi connectivity index (χ2v) is 4.35. The molecular formula is C9H12N4S. The molecule has 14 heavy (non-hydrogen) atoms. The molecule has 0 bridgehead atoms. The maximum Gasteiger partial charge on any atom is 0.184 e. The Morgan fingerprint density at radius 1 is 1.50 bits per heavy atom. The van der Waals surface area contributed by atoms with Crippen LogP contribution in [0.1, 0.15) is 25.6 Å². The van der Waals surface area contributed by atoms with Crippen LogP contribution >= 0.6 is 11.3 Å². The molecule has 2 rings (SSSR count). The topological polar surface area (TPSA) is 67.6 Å². The summed E-state index contributed by atoms with van der Waals surface area (Å²) in [6.45, 7) is 4.14. The molecule has 0 fully saturated rings. The minimum absolute atomic E-state index is 0.358. The third kappa shape index (κ3) is 1.50. The zero-order valence-corrected chi connectivity index (χ0v) is 8.93. The highest BCUT2D eigenvalue weighted by molar-refractivity contribution is 7.14. The van der Waals surface area contributed by atoms with Crippen LogP contribution in [0.4, 0.5) is 5.00 Å². The van der Waals surface area contributed by atoms with Gasteiger partial charge in [0.05, 0.1) is 10.6 Å². The van der Waals surface area contributed by atoms with Crippen LogP contribution in [-0.2, 0) is 0 Å². The lowest BCUT2D eigenvalue weighted by Crippen LogP contribution is -1.89. The van der Waals surface area contributed by atoms with Gasteiger partial charge in [-0.2, -0.15) is 5.10 Å². The van der Waals surface area contributed by atoms with Gasteiger partial charge in [0, 0.05) is 5.92 Å². The summed E-state index contributed by atoms with van der Waals surface area (Å²) in [6.07, 6.45) is 0. The number of nitrogens with two attached hydrogens (primary N) is 1. The highest BCUT2D eigenvalue weighted by atomic mass is 32.1. The van der Waals surface area contributed by atoms with Crippen molar-refractivity contribution in [3.63, 3.8) is 0 Å². The van der Waals surface area contributed by atoms with Gasteiger partial charge in [-0.3, -0.25) is 5.10 Å². The zero-order chi connectivity index (χ0) is 10.1. The van der Waals surface area contributed by atoms with E-state index in [9.17, 15) is 0 Å². The number of thiophene rings is 1. The van der Waals surface area contributed by atoms with Gasteiger partial charge < -0.3 is 5.73 Å². The summed E-state index contributed by atoms with van der Waals surface area (Å²) in [5.41, 5.74) is 6.70. The number of hydrogen-bond acceptors (Lipinski definition) is 4. The van der Waals surface area contributed by atoms with E-state index >= 15 is 0 Å². The number of nitrogens with zero attached hydrogens (tertiary/aromatic N) is 2. The Balaban J connectivity index is 2.39. The van der Waals surface area contributed by atoms with Crippen molar-refractivity contribution in [3.8, 4) is 11.4 Å². The van der Waals surface area contributed by atoms with Gasteiger partial charge in [0.1, 0.15) is 5.82 Å². The first-order chi connectivity index (χ1) is 6.68. The fourth-order valence-electron chi connectivity index (χ4n) is 1.16. The second kappa shape index (κ2) is 3.42. The largest absolute Gasteiger partial charge is 0.390 e. The molecule has 2 aromatic rings. The van der Waals surface area contributed by atoms with Gasteiger partial charge in [0.2, 0.25) is 0 Å². The van der Waals surface area contributed by atoms with Gasteiger partial charge in [0.25, 0.3) is 0 Å². The van der Waals surface area contributed by atoms with Crippen molar-refractivity contribution in [3.05, 3.63) is 17.3 Å². The van der Waals surface area contributed by atoms with E-state index in [-0.39, 0.29) is 0 Å². The molecule has 74 valence electrons. The molecule has 0 unspecified atom stereocenters. The number of rotatable bonds is 2. The predicted molar refractivity (Wildman–Crippen MR) is 58.2 cm³/mol. The van der Waals surface area contributed by atoms with E-state index in [0.29, 0.717) is 11.7 Å². The maximum absolute atomic E-state index is 5.78. The maximum atomic E-state index is 5.78. The third-order valence-corrected chi connectivity index (χ3v) is 2.73. The van der Waals surface area contributed by atoms with Crippen molar-refractivity contribution >= 4 is 16.3 Å². The minimum Gasteiger partial charge on any atom is -0.390 e. The average molecular weight is 208 g/mol. The van der Waals surface area contributed by atoms with E-state index in [1.54, 1.807) is 0 Å². The third-order valence-electron chi connectivity index (χ3n) is 1.99. The van der Waals surface area contributed by atoms with Crippen LogP contribution in [0.15, 0.2) is 11.4 Å². The van der Waals surface area contributed by atoms with E-state index in [0.717, 1.165) is 16.4 Å². The van der Waals surface area contributed by atoms with Gasteiger partial charge in [-0.25, -0.2) is 4.98 Å². The molecule has 0 aliphatic rings. The molecule has 0 saturated heterocycles. The molecule has 4 nitrogen and oxygen atoms in total. The van der Waals surface area contributed by atoms with Crippen molar-refractivity contribution in [1.29, 1.82) is 0 Å². The molecule has 0 amide bonds. The summed E-state index contributed by atoms with van der Waals surface area (Å²) in [4.78, 5) is 4.37. The Bertz CT molecular complexity index is 429. The number of anilines is 1. The van der Waals surface area contributed by atoms with Crippen LogP contribution in [0.2, 0.25) is 0 Å². The number of aromatic amines is 1. The standard InChI is InChI=1S/C9H12N4S/c1-5(2)8-11-9(13-12-8)6-3-4-14-7(6)10/h3-5H,10H2,1-2H3,(H,11,12,13). The first-order valence-electron chi connectivity index (χ1n) is 4.44. The van der Waals surface area contributed by atoms with Crippen LogP contribution in [0.25, 0.3) is 11.4 Å². The van der Waals surface area contributed by atoms with Crippen LogP contribution in [0.5, 0.6) is 0 Å². The molecule has 0 spiro atoms. The number of nitrogen functional groups attached to an aromatic ring is 1. The van der Waals surface area contributed by atoms with E-state index in [2.05, 4.69) is 29.0 Å². The van der Waals surface area contributed by atoms with E-state index in [1.807, 2.05) is 11.4 Å². The van der Waals surface area contributed by atoms with E-state index in [1.165, 1.54) is 11.3 Å². The van der Waals surface area contributed by atoms with Gasteiger partial charge in [-0.15, -0.1) is 11.3 Å². The Morgan fingerprint density at radius 3 is 2.79 bits per heavy atom. The molecule has 5 heteroatoms. The molecule has 0 aliphatic heterocycles. The summed E-state index contributed by atoms with van der Waals surface area (Å²) < 4.78 is 0. The summed E-state index contributed by atoms with van der Waals surface area (Å²) >= 11 is 1.50. The summed E-state index contributed by atoms with van der Waals surface area (Å²) in [7, 11) is 0. The van der Waals surface area contributed by atoms with Crippen LogP contribution < -0.4 is 5.73 Å². The molecule has 2 aromatic heterocycles. The van der Waals surface area contributed by atoms with Crippen molar-refractivity contribution in [2.24, 2.45) is 0 Å². The van der Waals surface area contributed by atoms with Gasteiger partial charge >= 0.3 is 0 Å². The Hall–Kier alpha value is -1.36. The monoisotopic (exact) mass is 208 g/mol. The van der Waals surface area contributed by atoms with Crippen LogP contribution in [0, 0.1) is 0 Å². The SMILES string of the molecule is CC(C)c1nc(-c2ccsc2N)n[nH]1. The average Bonchev–Trinajstić information content (AvgIpc) is 2.71. The Labute approximate surface area is 86.2 Å². The smallest absolute Gasteiger partial charge is 0.184 e. The number of H-pyrrole nitrogens is 1. The van der Waals surface area contributed by atoms with Crippen molar-refractivity contribution in [2.75, 3.05) is 5.73 Å². The van der Waals surface area contributed by atoms with Gasteiger partial charge in [-0.05, 0) is 11.4 Å². The van der Waals surface area contributed by atoms with Crippen molar-refractivity contribution in [1.82, 2.24) is 15.2 Å². The van der Waals surface area contributed by atoms with E-state index < -0.39 is 0 Å². The van der Waals surface area contributed by atoms with Gasteiger partial charge in [-0.1, -0.05) is 13.8 Å². The minimum atomic E-state index is 0.358. The van der Waals surface area contributed by atoms with Crippen LogP contribution in [0.3, 0.4) is 0 Å². The van der Waals surface area contributed by atoms with Crippen LogP contribution in [-0.4, -0.2) is 15.2 Å². The Morgan fingerprint density at radius 2 is 2.29 bits per heavy atom. The molecule has 0 radical (unpaired) electrons. The van der Waals surface area contributed by atoms with Gasteiger partial charge in [0.15, 0.2) is 5.82 Å². The molecule has 2 heterocycles. The quantitative estimate of drug-likeness (QED) is 0.795. The lowest BCUT2D eigenvalue weighted by atomic mass is 10.2. The molecular weight excluding hydrogens is 196 g/mol. The first kappa shape index (κ1) is 9.21. The fraction of sp³-hybridized carbons (Fsp3) is 0.333. The summed E-state index contributed by atoms with van der Waals surface area (Å²) in [6, 6.07) is 1.94. The number of hydrogen-bond donors (Lipinski definition) is 2. The highest BCUT2D eigenvalue weighted by Crippen LogP contribution is 2.28. The fourth-order valence-corrected chi connectivity index (χ4v) is 1.80. The summed E-state index contributed by atoms with van der Waals surface area (Å²) in [5, 5.41) is 9.74. The molecule has 0 aromatic carbocycles. The number of aromatic nitrogens is 3. The number of nitrogens with one attached hydrogen (secondary N) is 1. The first-order valence-corrected chi connectivity index (χ1v) is 5.32. The normalized spacial score (nSPS) is 11.1. The predicted octanol–water partition coefficient (Wildman–Crippen LogP) is 2.24. The lowest BCUT2D eigenvalue weighted by molar-refractivity contribution is 0.781. The van der Waals surface area contributed by atoms with E-state index in [4.69, 9.17) is 5.73 Å². The lowest BCUT2D eigenvalue weighted by Gasteiger charge is -1.95. The zero-order valence-electron chi connectivity index (χ0n) is 8.11. The van der Waals surface area contributed by atoms with Crippen molar-refractivity contribution in [2.45, 2.75) is 19.8 Å².